The number of ether oxygens (including phenoxy) is 1. The molecule has 0 bridgehead atoms. The molecular formula is C20H21FN2O2. The number of piperidine rings is 1. The third-order valence-electron chi connectivity index (χ3n) is 5.25. The lowest BCUT2D eigenvalue weighted by molar-refractivity contribution is -0.130. The molecule has 2 aliphatic heterocycles. The van der Waals surface area contributed by atoms with E-state index < -0.39 is 5.41 Å². The van der Waals surface area contributed by atoms with Gasteiger partial charge in [0.25, 0.3) is 0 Å². The fraction of sp³-hybridized carbons (Fsp3) is 0.350. The molecule has 2 heterocycles. The van der Waals surface area contributed by atoms with Gasteiger partial charge in [0.2, 0.25) is 5.91 Å². The number of nitrogens with one attached hydrogen (secondary N) is 1. The van der Waals surface area contributed by atoms with Crippen molar-refractivity contribution < 1.29 is 13.9 Å². The van der Waals surface area contributed by atoms with Gasteiger partial charge in [0.1, 0.15) is 18.2 Å². The zero-order chi connectivity index (χ0) is 17.3. The van der Waals surface area contributed by atoms with E-state index in [9.17, 15) is 9.18 Å². The average molecular weight is 340 g/mol. The van der Waals surface area contributed by atoms with Crippen LogP contribution < -0.4 is 10.1 Å². The minimum Gasteiger partial charge on any atom is -0.490 e. The van der Waals surface area contributed by atoms with E-state index in [-0.39, 0.29) is 11.7 Å². The zero-order valence-corrected chi connectivity index (χ0v) is 14.0. The number of hydrogen-bond acceptors (Lipinski definition) is 3. The van der Waals surface area contributed by atoms with Gasteiger partial charge in [0.05, 0.1) is 11.1 Å². The highest BCUT2D eigenvalue weighted by atomic mass is 19.1. The number of amides is 1. The molecule has 1 saturated heterocycles. The first-order valence-corrected chi connectivity index (χ1v) is 8.65. The maximum absolute atomic E-state index is 13.0. The van der Waals surface area contributed by atoms with Crippen molar-refractivity contribution in [1.82, 2.24) is 4.90 Å². The van der Waals surface area contributed by atoms with E-state index in [1.165, 1.54) is 12.1 Å². The maximum Gasteiger partial charge on any atom is 0.234 e. The molecule has 1 spiro atoms. The van der Waals surface area contributed by atoms with Crippen molar-refractivity contribution in [3.63, 3.8) is 0 Å². The van der Waals surface area contributed by atoms with Gasteiger partial charge in [-0.15, -0.1) is 0 Å². The van der Waals surface area contributed by atoms with Gasteiger partial charge in [0.15, 0.2) is 0 Å². The molecule has 0 aliphatic carbocycles. The molecule has 0 radical (unpaired) electrons. The summed E-state index contributed by atoms with van der Waals surface area (Å²) < 4.78 is 19.0. The van der Waals surface area contributed by atoms with Gasteiger partial charge in [-0.3, -0.25) is 9.69 Å². The quantitative estimate of drug-likeness (QED) is 0.911. The van der Waals surface area contributed by atoms with Crippen LogP contribution in [0.4, 0.5) is 10.1 Å². The van der Waals surface area contributed by atoms with Gasteiger partial charge < -0.3 is 10.1 Å². The molecule has 1 amide bonds. The minimum atomic E-state index is -0.474. The van der Waals surface area contributed by atoms with Gasteiger partial charge in [-0.2, -0.15) is 0 Å². The molecule has 1 N–H and O–H groups in total. The van der Waals surface area contributed by atoms with Crippen LogP contribution in [0.25, 0.3) is 0 Å². The average Bonchev–Trinajstić information content (AvgIpc) is 2.77. The van der Waals surface area contributed by atoms with Crippen LogP contribution in [0.1, 0.15) is 18.4 Å². The largest absolute Gasteiger partial charge is 0.490 e. The molecule has 2 aromatic carbocycles. The van der Waals surface area contributed by atoms with Crippen molar-refractivity contribution in [2.24, 2.45) is 5.41 Å². The van der Waals surface area contributed by atoms with Crippen molar-refractivity contribution in [3.05, 3.63) is 59.9 Å². The number of carbonyl (C=O) groups excluding carboxylic acids is 1. The normalized spacial score (nSPS) is 19.6. The summed E-state index contributed by atoms with van der Waals surface area (Å²) in [6, 6.07) is 14.2. The third kappa shape index (κ3) is 3.24. The molecule has 1 fully saturated rings. The lowest BCUT2D eigenvalue weighted by Gasteiger charge is -2.39. The number of anilines is 1. The summed E-state index contributed by atoms with van der Waals surface area (Å²) in [7, 11) is 0. The van der Waals surface area contributed by atoms with Crippen LogP contribution in [0, 0.1) is 11.2 Å². The summed E-state index contributed by atoms with van der Waals surface area (Å²) >= 11 is 0. The fourth-order valence-electron chi connectivity index (χ4n) is 3.59. The van der Waals surface area contributed by atoms with Gasteiger partial charge in [-0.05, 0) is 55.8 Å². The van der Waals surface area contributed by atoms with Crippen molar-refractivity contribution in [1.29, 1.82) is 0 Å². The van der Waals surface area contributed by atoms with Crippen molar-refractivity contribution >= 4 is 11.6 Å². The van der Waals surface area contributed by atoms with Crippen LogP contribution in [0.5, 0.6) is 5.75 Å². The number of para-hydroxylation sites is 2. The molecule has 2 aliphatic rings. The smallest absolute Gasteiger partial charge is 0.234 e. The lowest BCUT2D eigenvalue weighted by Crippen LogP contribution is -2.48. The van der Waals surface area contributed by atoms with E-state index in [1.54, 1.807) is 0 Å². The van der Waals surface area contributed by atoms with Crippen LogP contribution >= 0.6 is 0 Å². The van der Waals surface area contributed by atoms with E-state index in [2.05, 4.69) is 10.2 Å². The van der Waals surface area contributed by atoms with Crippen LogP contribution in [0.2, 0.25) is 0 Å². The van der Waals surface area contributed by atoms with Gasteiger partial charge >= 0.3 is 0 Å². The Bertz CT molecular complexity index is 768. The monoisotopic (exact) mass is 340 g/mol. The van der Waals surface area contributed by atoms with E-state index in [4.69, 9.17) is 4.74 Å². The van der Waals surface area contributed by atoms with Crippen LogP contribution in [0.3, 0.4) is 0 Å². The summed E-state index contributed by atoms with van der Waals surface area (Å²) in [5, 5.41) is 3.03. The van der Waals surface area contributed by atoms with E-state index >= 15 is 0 Å². The first-order chi connectivity index (χ1) is 12.1. The molecule has 0 saturated carbocycles. The molecule has 0 atom stereocenters. The Morgan fingerprint density at radius 2 is 1.80 bits per heavy atom. The predicted molar refractivity (Wildman–Crippen MR) is 93.9 cm³/mol. The highest BCUT2D eigenvalue weighted by Gasteiger charge is 2.43. The summed E-state index contributed by atoms with van der Waals surface area (Å²) in [5.41, 5.74) is 1.36. The van der Waals surface area contributed by atoms with Crippen LogP contribution in [-0.4, -0.2) is 30.5 Å². The highest BCUT2D eigenvalue weighted by molar-refractivity contribution is 5.97. The van der Waals surface area contributed by atoms with E-state index in [0.717, 1.165) is 49.5 Å². The number of halogens is 1. The fourth-order valence-corrected chi connectivity index (χ4v) is 3.59. The Kier molecular flexibility index (Phi) is 4.17. The number of benzene rings is 2. The molecule has 0 aromatic heterocycles. The van der Waals surface area contributed by atoms with Crippen molar-refractivity contribution in [3.8, 4) is 5.75 Å². The van der Waals surface area contributed by atoms with E-state index in [0.29, 0.717) is 6.61 Å². The lowest BCUT2D eigenvalue weighted by atomic mass is 9.78. The second-order valence-electron chi connectivity index (χ2n) is 6.92. The summed E-state index contributed by atoms with van der Waals surface area (Å²) in [4.78, 5) is 15.1. The number of fused-ring (bicyclic) bond motifs is 1. The van der Waals surface area contributed by atoms with Gasteiger partial charge in [-0.1, -0.05) is 24.3 Å². The zero-order valence-electron chi connectivity index (χ0n) is 14.0. The van der Waals surface area contributed by atoms with Gasteiger partial charge in [-0.25, -0.2) is 4.39 Å². The Balaban J connectivity index is 1.42. The number of rotatable bonds is 2. The highest BCUT2D eigenvalue weighted by Crippen LogP contribution is 2.38. The second-order valence-corrected chi connectivity index (χ2v) is 6.92. The topological polar surface area (TPSA) is 41.6 Å². The summed E-state index contributed by atoms with van der Waals surface area (Å²) in [6.07, 6.45) is 1.52. The molecule has 4 rings (SSSR count). The first kappa shape index (κ1) is 16.1. The number of nitrogens with zero attached hydrogens (tertiary/aromatic N) is 1. The molecule has 130 valence electrons. The first-order valence-electron chi connectivity index (χ1n) is 8.65. The summed E-state index contributed by atoms with van der Waals surface area (Å²) in [6.45, 7) is 2.84. The van der Waals surface area contributed by atoms with Gasteiger partial charge in [0, 0.05) is 6.54 Å². The van der Waals surface area contributed by atoms with Crippen LogP contribution in [-0.2, 0) is 11.3 Å². The summed E-state index contributed by atoms with van der Waals surface area (Å²) in [5.74, 6) is 0.577. The number of hydrogen-bond donors (Lipinski definition) is 1. The molecule has 2 aromatic rings. The van der Waals surface area contributed by atoms with Crippen molar-refractivity contribution in [2.45, 2.75) is 19.4 Å². The molecule has 25 heavy (non-hydrogen) atoms. The van der Waals surface area contributed by atoms with Crippen LogP contribution in [0.15, 0.2) is 48.5 Å². The van der Waals surface area contributed by atoms with Crippen molar-refractivity contribution in [2.75, 3.05) is 25.0 Å². The SMILES string of the molecule is O=C1Nc2ccccc2OCC12CCN(Cc1ccc(F)cc1)CC2. The Morgan fingerprint density at radius 1 is 1.08 bits per heavy atom. The minimum absolute atomic E-state index is 0.0545. The molecule has 5 heteroatoms. The second kappa shape index (κ2) is 6.48. The number of likely N-dealkylation sites (tertiary alicyclic amines) is 1. The Hall–Kier alpha value is -2.40. The Labute approximate surface area is 146 Å². The maximum atomic E-state index is 13.0. The molecular weight excluding hydrogens is 319 g/mol. The number of carbonyl (C=O) groups is 1. The van der Waals surface area contributed by atoms with E-state index in [1.807, 2.05) is 36.4 Å². The molecule has 4 nitrogen and oxygen atoms in total. The predicted octanol–water partition coefficient (Wildman–Crippen LogP) is 3.44. The molecule has 0 unspecified atom stereocenters. The third-order valence-corrected chi connectivity index (χ3v) is 5.25. The Morgan fingerprint density at radius 3 is 2.56 bits per heavy atom. The standard InChI is InChI=1S/C20H21FN2O2/c21-16-7-5-15(6-8-16)13-23-11-9-20(10-12-23)14-25-18-4-2-1-3-17(18)22-19(20)24/h1-8H,9-14H2,(H,22,24).